The second kappa shape index (κ2) is 13.5. The predicted molar refractivity (Wildman–Crippen MR) is 168 cm³/mol. The highest BCUT2D eigenvalue weighted by Crippen LogP contribution is 2.44. The van der Waals surface area contributed by atoms with Crippen molar-refractivity contribution in [3.8, 4) is 5.75 Å². The maximum absolute atomic E-state index is 13.6. The summed E-state index contributed by atoms with van der Waals surface area (Å²) < 4.78 is 19.8. The molecule has 0 aliphatic carbocycles. The second-order valence-corrected chi connectivity index (χ2v) is 12.6. The number of benzene rings is 3. The van der Waals surface area contributed by atoms with Crippen LogP contribution < -0.4 is 9.64 Å². The number of aromatic nitrogens is 2. The normalized spacial score (nSPS) is 16.2. The zero-order valence-corrected chi connectivity index (χ0v) is 25.8. The van der Waals surface area contributed by atoms with Crippen molar-refractivity contribution in [1.82, 2.24) is 10.2 Å². The van der Waals surface area contributed by atoms with E-state index in [4.69, 9.17) is 4.74 Å². The topological polar surface area (TPSA) is 92.6 Å². The van der Waals surface area contributed by atoms with Crippen LogP contribution in [0.4, 0.5) is 9.52 Å². The zero-order chi connectivity index (χ0) is 30.5. The molecule has 2 heterocycles. The number of carbonyl (C=O) groups excluding carboxylic acids is 2. The smallest absolute Gasteiger partial charge is 0.301 e. The first-order valence-electron chi connectivity index (χ1n) is 14.1. The molecule has 1 saturated heterocycles. The van der Waals surface area contributed by atoms with Gasteiger partial charge < -0.3 is 9.84 Å². The standard InChI is InChI=1S/C33H32FN3O4S2/c1-4-5-6-17-41-25-15-11-23(12-16-25)28-27(29(38)26-18-20(2)7-8-21(26)3)30(39)31(40)37(28)32-35-36-33(43-32)42-19-22-9-13-24(34)14-10-22/h7-16,18,28,38H,4-6,17,19H2,1-3H3. The third-order valence-corrected chi connectivity index (χ3v) is 9.31. The minimum Gasteiger partial charge on any atom is -0.507 e. The lowest BCUT2D eigenvalue weighted by Gasteiger charge is -2.23. The number of amides is 1. The first kappa shape index (κ1) is 30.4. The molecule has 1 atom stereocenters. The van der Waals surface area contributed by atoms with Gasteiger partial charge in [0.2, 0.25) is 5.13 Å². The molecule has 3 aromatic carbocycles. The first-order chi connectivity index (χ1) is 20.8. The molecule has 1 unspecified atom stereocenters. The number of unbranched alkanes of at least 4 members (excludes halogenated alkanes) is 2. The molecule has 5 rings (SSSR count). The summed E-state index contributed by atoms with van der Waals surface area (Å²) in [6.45, 7) is 6.48. The molecule has 1 aliphatic rings. The van der Waals surface area contributed by atoms with E-state index in [9.17, 15) is 19.1 Å². The molecule has 1 N–H and O–H groups in total. The van der Waals surface area contributed by atoms with Gasteiger partial charge in [0.1, 0.15) is 17.3 Å². The van der Waals surface area contributed by atoms with Gasteiger partial charge in [-0.15, -0.1) is 10.2 Å². The van der Waals surface area contributed by atoms with Gasteiger partial charge in [-0.1, -0.05) is 84.8 Å². The summed E-state index contributed by atoms with van der Waals surface area (Å²) in [6, 6.07) is 18.1. The van der Waals surface area contributed by atoms with Crippen molar-refractivity contribution in [1.29, 1.82) is 0 Å². The van der Waals surface area contributed by atoms with Gasteiger partial charge in [-0.3, -0.25) is 14.5 Å². The Morgan fingerprint density at radius 3 is 2.49 bits per heavy atom. The van der Waals surface area contributed by atoms with Gasteiger partial charge in [-0.05, 0) is 67.3 Å². The first-order valence-corrected chi connectivity index (χ1v) is 15.9. The molecular formula is C33H32FN3O4S2. The van der Waals surface area contributed by atoms with Gasteiger partial charge in [-0.25, -0.2) is 4.39 Å². The Morgan fingerprint density at radius 2 is 1.77 bits per heavy atom. The lowest BCUT2D eigenvalue weighted by Crippen LogP contribution is -2.29. The maximum Gasteiger partial charge on any atom is 0.301 e. The number of ether oxygens (including phenoxy) is 1. The molecule has 0 spiro atoms. The number of hydrogen-bond acceptors (Lipinski definition) is 8. The van der Waals surface area contributed by atoms with E-state index in [0.717, 1.165) is 36.0 Å². The number of anilines is 1. The molecule has 1 fully saturated rings. The second-order valence-electron chi connectivity index (χ2n) is 10.4. The molecule has 4 aromatic rings. The van der Waals surface area contributed by atoms with Crippen molar-refractivity contribution in [3.63, 3.8) is 0 Å². The molecule has 43 heavy (non-hydrogen) atoms. The highest BCUT2D eigenvalue weighted by molar-refractivity contribution is 8.00. The van der Waals surface area contributed by atoms with Crippen molar-refractivity contribution < 1.29 is 23.8 Å². The van der Waals surface area contributed by atoms with Crippen molar-refractivity contribution in [3.05, 3.63) is 106 Å². The molecule has 0 radical (unpaired) electrons. The van der Waals surface area contributed by atoms with Crippen LogP contribution in [0.5, 0.6) is 5.75 Å². The molecule has 0 bridgehead atoms. The summed E-state index contributed by atoms with van der Waals surface area (Å²) in [7, 11) is 0. The molecule has 7 nitrogen and oxygen atoms in total. The third kappa shape index (κ3) is 6.81. The Kier molecular flexibility index (Phi) is 9.57. The van der Waals surface area contributed by atoms with E-state index >= 15 is 0 Å². The van der Waals surface area contributed by atoms with E-state index in [1.54, 1.807) is 30.3 Å². The van der Waals surface area contributed by atoms with Gasteiger partial charge in [0.05, 0.1) is 18.2 Å². The molecule has 0 saturated carbocycles. The maximum atomic E-state index is 13.6. The Bertz CT molecular complexity index is 1650. The fourth-order valence-electron chi connectivity index (χ4n) is 4.85. The Labute approximate surface area is 258 Å². The van der Waals surface area contributed by atoms with Crippen LogP contribution in [0.15, 0.2) is 76.6 Å². The Hall–Kier alpha value is -4.02. The average Bonchev–Trinajstić information content (AvgIpc) is 3.58. The summed E-state index contributed by atoms with van der Waals surface area (Å²) >= 11 is 2.58. The van der Waals surface area contributed by atoms with Gasteiger partial charge in [0.25, 0.3) is 5.78 Å². The van der Waals surface area contributed by atoms with Gasteiger partial charge in [-0.2, -0.15) is 0 Å². The number of aryl methyl sites for hydroxylation is 2. The monoisotopic (exact) mass is 617 g/mol. The number of carbonyl (C=O) groups is 2. The fourth-order valence-corrected chi connectivity index (χ4v) is 6.68. The van der Waals surface area contributed by atoms with Crippen LogP contribution in [0.2, 0.25) is 0 Å². The van der Waals surface area contributed by atoms with Gasteiger partial charge in [0, 0.05) is 11.3 Å². The van der Waals surface area contributed by atoms with E-state index in [1.807, 2.05) is 38.1 Å². The minimum absolute atomic E-state index is 0.00831. The SMILES string of the molecule is CCCCCOc1ccc(C2C(=C(O)c3cc(C)ccc3C)C(=O)C(=O)N2c2nnc(SCc3ccc(F)cc3)s2)cc1. The third-order valence-electron chi connectivity index (χ3n) is 7.18. The number of aliphatic hydroxyl groups excluding tert-OH is 1. The van der Waals surface area contributed by atoms with E-state index in [-0.39, 0.29) is 22.3 Å². The highest BCUT2D eigenvalue weighted by atomic mass is 32.2. The number of aliphatic hydroxyl groups is 1. The molecule has 10 heteroatoms. The zero-order valence-electron chi connectivity index (χ0n) is 24.2. The van der Waals surface area contributed by atoms with Crippen molar-refractivity contribution >= 4 is 45.7 Å². The van der Waals surface area contributed by atoms with Crippen molar-refractivity contribution in [2.24, 2.45) is 0 Å². The van der Waals surface area contributed by atoms with Crippen LogP contribution >= 0.6 is 23.1 Å². The van der Waals surface area contributed by atoms with Gasteiger partial charge >= 0.3 is 5.91 Å². The number of thioether (sulfide) groups is 1. The number of Topliss-reactive ketones (excluding diaryl/α,β-unsaturated/α-hetero) is 1. The summed E-state index contributed by atoms with van der Waals surface area (Å²) in [5, 5.41) is 20.3. The summed E-state index contributed by atoms with van der Waals surface area (Å²) in [6.07, 6.45) is 3.13. The lowest BCUT2D eigenvalue weighted by molar-refractivity contribution is -0.132. The molecule has 1 amide bonds. The van der Waals surface area contributed by atoms with Crippen LogP contribution in [0, 0.1) is 19.7 Å². The molecular weight excluding hydrogens is 586 g/mol. The van der Waals surface area contributed by atoms with Crippen molar-refractivity contribution in [2.75, 3.05) is 11.5 Å². The summed E-state index contributed by atoms with van der Waals surface area (Å²) in [5.41, 5.74) is 3.71. The Balaban J connectivity index is 1.51. The number of ketones is 1. The molecule has 1 aliphatic heterocycles. The fraction of sp³-hybridized carbons (Fsp3) is 0.273. The number of hydrogen-bond donors (Lipinski definition) is 1. The van der Waals surface area contributed by atoms with E-state index in [0.29, 0.717) is 33.6 Å². The van der Waals surface area contributed by atoms with E-state index in [1.165, 1.54) is 40.1 Å². The Morgan fingerprint density at radius 1 is 1.02 bits per heavy atom. The average molecular weight is 618 g/mol. The quantitative estimate of drug-likeness (QED) is 0.0459. The van der Waals surface area contributed by atoms with E-state index < -0.39 is 17.7 Å². The highest BCUT2D eigenvalue weighted by Gasteiger charge is 2.48. The number of halogens is 1. The van der Waals surface area contributed by atoms with Crippen LogP contribution in [0.25, 0.3) is 5.76 Å². The van der Waals surface area contributed by atoms with Crippen LogP contribution in [0.3, 0.4) is 0 Å². The van der Waals surface area contributed by atoms with Crippen LogP contribution in [-0.4, -0.2) is 33.6 Å². The molecule has 222 valence electrons. The number of nitrogens with zero attached hydrogens (tertiary/aromatic N) is 3. The van der Waals surface area contributed by atoms with Gasteiger partial charge in [0.15, 0.2) is 4.34 Å². The summed E-state index contributed by atoms with van der Waals surface area (Å²) in [5.74, 6) is -0.908. The van der Waals surface area contributed by atoms with Crippen LogP contribution in [0.1, 0.15) is 60.0 Å². The summed E-state index contributed by atoms with van der Waals surface area (Å²) in [4.78, 5) is 28.5. The number of rotatable bonds is 11. The lowest BCUT2D eigenvalue weighted by atomic mass is 9.93. The van der Waals surface area contributed by atoms with Crippen LogP contribution in [-0.2, 0) is 15.3 Å². The van der Waals surface area contributed by atoms with E-state index in [2.05, 4.69) is 17.1 Å². The molecule has 1 aromatic heterocycles. The minimum atomic E-state index is -0.919. The van der Waals surface area contributed by atoms with Crippen molar-refractivity contribution in [2.45, 2.75) is 56.2 Å². The largest absolute Gasteiger partial charge is 0.507 e. The predicted octanol–water partition coefficient (Wildman–Crippen LogP) is 7.78.